The molecule has 0 saturated heterocycles. The van der Waals surface area contributed by atoms with Gasteiger partial charge in [0.25, 0.3) is 10.0 Å². The number of hydrogen-bond acceptors (Lipinski definition) is 3. The normalized spacial score (nSPS) is 11.3. The summed E-state index contributed by atoms with van der Waals surface area (Å²) in [6.07, 6.45) is 0. The van der Waals surface area contributed by atoms with E-state index >= 15 is 0 Å². The highest BCUT2D eigenvalue weighted by Crippen LogP contribution is 2.25. The lowest BCUT2D eigenvalue weighted by atomic mass is 10.3. The minimum absolute atomic E-state index is 0.0333. The molecule has 2 rings (SSSR count). The minimum Gasteiger partial charge on any atom is -0.508 e. The molecule has 7 heteroatoms. The van der Waals surface area contributed by atoms with Crippen molar-refractivity contribution in [2.24, 2.45) is 0 Å². The molecular formula is C12H9BrFNO3S. The lowest BCUT2D eigenvalue weighted by molar-refractivity contribution is 0.475. The number of aromatic hydroxyl groups is 1. The second-order valence-electron chi connectivity index (χ2n) is 3.73. The summed E-state index contributed by atoms with van der Waals surface area (Å²) in [5, 5.41) is 9.12. The van der Waals surface area contributed by atoms with Crippen molar-refractivity contribution < 1.29 is 17.9 Å². The highest BCUT2D eigenvalue weighted by molar-refractivity contribution is 9.10. The maximum Gasteiger partial charge on any atom is 0.263 e. The second kappa shape index (κ2) is 5.18. The Kier molecular flexibility index (Phi) is 3.77. The van der Waals surface area contributed by atoms with Gasteiger partial charge in [-0.25, -0.2) is 12.8 Å². The highest BCUT2D eigenvalue weighted by Gasteiger charge is 2.18. The average Bonchev–Trinajstić information content (AvgIpc) is 2.31. The van der Waals surface area contributed by atoms with Crippen LogP contribution in [0.3, 0.4) is 0 Å². The Bertz CT molecular complexity index is 701. The van der Waals surface area contributed by atoms with Crippen LogP contribution in [0.25, 0.3) is 0 Å². The summed E-state index contributed by atoms with van der Waals surface area (Å²) < 4.78 is 39.6. The Morgan fingerprint density at radius 1 is 1.11 bits per heavy atom. The number of sulfonamides is 1. The number of phenolic OH excluding ortho intramolecular Hbond substituents is 1. The Morgan fingerprint density at radius 2 is 1.74 bits per heavy atom. The number of anilines is 1. The van der Waals surface area contributed by atoms with E-state index in [2.05, 4.69) is 20.7 Å². The van der Waals surface area contributed by atoms with Crippen LogP contribution in [0, 0.1) is 5.82 Å². The van der Waals surface area contributed by atoms with Crippen molar-refractivity contribution in [2.75, 3.05) is 4.72 Å². The van der Waals surface area contributed by atoms with Crippen molar-refractivity contribution in [1.29, 1.82) is 0 Å². The smallest absolute Gasteiger partial charge is 0.263 e. The van der Waals surface area contributed by atoms with Gasteiger partial charge in [-0.1, -0.05) is 0 Å². The molecule has 0 aromatic heterocycles. The number of phenols is 1. The van der Waals surface area contributed by atoms with E-state index in [1.807, 2.05) is 0 Å². The van der Waals surface area contributed by atoms with E-state index in [0.717, 1.165) is 12.1 Å². The zero-order valence-electron chi connectivity index (χ0n) is 9.47. The first-order valence-electron chi connectivity index (χ1n) is 5.15. The van der Waals surface area contributed by atoms with Crippen LogP contribution in [0.2, 0.25) is 0 Å². The maximum absolute atomic E-state index is 12.9. The largest absolute Gasteiger partial charge is 0.508 e. The van der Waals surface area contributed by atoms with Crippen LogP contribution >= 0.6 is 15.9 Å². The number of benzene rings is 2. The van der Waals surface area contributed by atoms with Gasteiger partial charge in [0.2, 0.25) is 0 Å². The van der Waals surface area contributed by atoms with Gasteiger partial charge >= 0.3 is 0 Å². The van der Waals surface area contributed by atoms with Crippen molar-refractivity contribution in [1.82, 2.24) is 0 Å². The van der Waals surface area contributed by atoms with Crippen LogP contribution in [0.15, 0.2) is 51.8 Å². The first-order chi connectivity index (χ1) is 8.88. The van der Waals surface area contributed by atoms with Crippen molar-refractivity contribution in [3.8, 4) is 5.75 Å². The lowest BCUT2D eigenvalue weighted by Crippen LogP contribution is -2.13. The fourth-order valence-electron chi connectivity index (χ4n) is 1.43. The van der Waals surface area contributed by atoms with E-state index in [1.165, 1.54) is 30.3 Å². The molecule has 19 heavy (non-hydrogen) atoms. The molecule has 2 N–H and O–H groups in total. The molecule has 0 spiro atoms. The molecule has 2 aromatic carbocycles. The molecule has 0 bridgehead atoms. The molecule has 0 aliphatic heterocycles. The van der Waals surface area contributed by atoms with Crippen LogP contribution < -0.4 is 4.72 Å². The van der Waals surface area contributed by atoms with Crippen LogP contribution in [-0.4, -0.2) is 13.5 Å². The molecule has 0 fully saturated rings. The van der Waals surface area contributed by atoms with E-state index in [0.29, 0.717) is 5.69 Å². The second-order valence-corrected chi connectivity index (χ2v) is 6.23. The van der Waals surface area contributed by atoms with E-state index in [1.54, 1.807) is 0 Å². The summed E-state index contributed by atoms with van der Waals surface area (Å²) >= 11 is 3.01. The molecule has 0 unspecified atom stereocenters. The van der Waals surface area contributed by atoms with Gasteiger partial charge in [0.1, 0.15) is 16.5 Å². The number of nitrogens with one attached hydrogen (secondary N) is 1. The highest BCUT2D eigenvalue weighted by atomic mass is 79.9. The number of hydrogen-bond donors (Lipinski definition) is 2. The van der Waals surface area contributed by atoms with E-state index in [9.17, 15) is 12.8 Å². The topological polar surface area (TPSA) is 66.4 Å². The van der Waals surface area contributed by atoms with Gasteiger partial charge in [-0.05, 0) is 58.4 Å². The fraction of sp³-hybridized carbons (Fsp3) is 0. The summed E-state index contributed by atoms with van der Waals surface area (Å²) in [4.78, 5) is -0.0676. The third-order valence-electron chi connectivity index (χ3n) is 2.30. The van der Waals surface area contributed by atoms with Crippen LogP contribution in [-0.2, 0) is 10.0 Å². The van der Waals surface area contributed by atoms with E-state index in [-0.39, 0.29) is 15.1 Å². The van der Waals surface area contributed by atoms with Crippen molar-refractivity contribution >= 4 is 31.6 Å². The SMILES string of the molecule is O=S(=O)(Nc1ccc(O)cc1)c1ccc(F)cc1Br. The first-order valence-corrected chi connectivity index (χ1v) is 7.43. The van der Waals surface area contributed by atoms with Gasteiger partial charge in [-0.2, -0.15) is 0 Å². The molecule has 100 valence electrons. The Balaban J connectivity index is 2.35. The summed E-state index contributed by atoms with van der Waals surface area (Å²) in [5.41, 5.74) is 0.300. The van der Waals surface area contributed by atoms with Gasteiger partial charge in [-0.3, -0.25) is 4.72 Å². The van der Waals surface area contributed by atoms with Gasteiger partial charge in [-0.15, -0.1) is 0 Å². The molecule has 0 radical (unpaired) electrons. The molecule has 4 nitrogen and oxygen atoms in total. The molecule has 0 aliphatic rings. The average molecular weight is 346 g/mol. The van der Waals surface area contributed by atoms with Crippen LogP contribution in [0.5, 0.6) is 5.75 Å². The third-order valence-corrected chi connectivity index (χ3v) is 4.66. The quantitative estimate of drug-likeness (QED) is 0.840. The van der Waals surface area contributed by atoms with Gasteiger partial charge in [0.15, 0.2) is 0 Å². The van der Waals surface area contributed by atoms with E-state index < -0.39 is 15.8 Å². The van der Waals surface area contributed by atoms with Crippen molar-refractivity contribution in [3.05, 3.63) is 52.8 Å². The van der Waals surface area contributed by atoms with E-state index in [4.69, 9.17) is 5.11 Å². The van der Waals surface area contributed by atoms with Crippen molar-refractivity contribution in [3.63, 3.8) is 0 Å². The molecule has 2 aromatic rings. The van der Waals surface area contributed by atoms with Crippen molar-refractivity contribution in [2.45, 2.75) is 4.90 Å². The fourth-order valence-corrected chi connectivity index (χ4v) is 3.54. The minimum atomic E-state index is -3.82. The molecule has 0 saturated carbocycles. The first kappa shape index (κ1) is 13.8. The zero-order chi connectivity index (χ0) is 14.0. The molecule has 0 atom stereocenters. The molecule has 0 aliphatic carbocycles. The monoisotopic (exact) mass is 345 g/mol. The van der Waals surface area contributed by atoms with Crippen LogP contribution in [0.1, 0.15) is 0 Å². The third kappa shape index (κ3) is 3.24. The summed E-state index contributed by atoms with van der Waals surface area (Å²) in [7, 11) is -3.82. The molecular weight excluding hydrogens is 337 g/mol. The van der Waals surface area contributed by atoms with Gasteiger partial charge in [0, 0.05) is 10.2 Å². The number of rotatable bonds is 3. The molecule has 0 heterocycles. The van der Waals surface area contributed by atoms with Crippen LogP contribution in [0.4, 0.5) is 10.1 Å². The summed E-state index contributed by atoms with van der Waals surface area (Å²) in [6, 6.07) is 8.87. The zero-order valence-corrected chi connectivity index (χ0v) is 11.9. The number of halogens is 2. The molecule has 0 amide bonds. The summed E-state index contributed by atoms with van der Waals surface area (Å²) in [6.45, 7) is 0. The Hall–Kier alpha value is -1.60. The predicted molar refractivity (Wildman–Crippen MR) is 73.0 cm³/mol. The lowest BCUT2D eigenvalue weighted by Gasteiger charge is -2.09. The standard InChI is InChI=1S/C12H9BrFNO3S/c13-11-7-8(14)1-6-12(11)19(17,18)15-9-2-4-10(16)5-3-9/h1-7,15-16H. The van der Waals surface area contributed by atoms with Gasteiger partial charge in [0.05, 0.1) is 0 Å². The maximum atomic E-state index is 12.9. The summed E-state index contributed by atoms with van der Waals surface area (Å²) in [5.74, 6) is -0.499. The predicted octanol–water partition coefficient (Wildman–Crippen LogP) is 3.09. The van der Waals surface area contributed by atoms with Gasteiger partial charge < -0.3 is 5.11 Å². The Labute approximate surface area is 118 Å². The Morgan fingerprint density at radius 3 is 2.32 bits per heavy atom.